The standard InChI is InChI=1S/C13H19N3O2/c1-11(17)13(18)16-8-6-15(7-9-16)10-12-4-2-3-5-14-12/h2-5,11,17H,6-10H2,1H3. The van der Waals surface area contributed by atoms with Crippen LogP contribution in [0.25, 0.3) is 0 Å². The average Bonchev–Trinajstić information content (AvgIpc) is 2.40. The number of hydrogen-bond donors (Lipinski definition) is 1. The van der Waals surface area contributed by atoms with E-state index < -0.39 is 6.10 Å². The highest BCUT2D eigenvalue weighted by Crippen LogP contribution is 2.07. The highest BCUT2D eigenvalue weighted by molar-refractivity contribution is 5.80. The number of aromatic nitrogens is 1. The molecule has 1 aromatic rings. The van der Waals surface area contributed by atoms with E-state index in [4.69, 9.17) is 0 Å². The fraction of sp³-hybridized carbons (Fsp3) is 0.538. The van der Waals surface area contributed by atoms with Crippen LogP contribution in [0.3, 0.4) is 0 Å². The number of nitrogens with zero attached hydrogens (tertiary/aromatic N) is 3. The second-order valence-corrected chi connectivity index (χ2v) is 4.60. The largest absolute Gasteiger partial charge is 0.384 e. The second-order valence-electron chi connectivity index (χ2n) is 4.60. The van der Waals surface area contributed by atoms with Gasteiger partial charge in [-0.1, -0.05) is 6.07 Å². The number of amides is 1. The third kappa shape index (κ3) is 3.27. The topological polar surface area (TPSA) is 56.7 Å². The van der Waals surface area contributed by atoms with Gasteiger partial charge in [0.15, 0.2) is 0 Å². The zero-order chi connectivity index (χ0) is 13.0. The van der Waals surface area contributed by atoms with Gasteiger partial charge in [0.1, 0.15) is 6.10 Å². The molecule has 0 radical (unpaired) electrons. The SMILES string of the molecule is CC(O)C(=O)N1CCN(Cc2ccccn2)CC1. The second kappa shape index (κ2) is 5.93. The summed E-state index contributed by atoms with van der Waals surface area (Å²) >= 11 is 0. The maximum absolute atomic E-state index is 11.6. The molecular weight excluding hydrogens is 230 g/mol. The van der Waals surface area contributed by atoms with Gasteiger partial charge in [0, 0.05) is 38.9 Å². The minimum absolute atomic E-state index is 0.174. The third-order valence-electron chi connectivity index (χ3n) is 3.15. The van der Waals surface area contributed by atoms with Crippen LogP contribution in [-0.4, -0.2) is 58.1 Å². The van der Waals surface area contributed by atoms with Gasteiger partial charge in [0.05, 0.1) is 5.69 Å². The van der Waals surface area contributed by atoms with Crippen molar-refractivity contribution in [3.05, 3.63) is 30.1 Å². The van der Waals surface area contributed by atoms with Crippen molar-refractivity contribution < 1.29 is 9.90 Å². The predicted molar refractivity (Wildman–Crippen MR) is 67.8 cm³/mol. The quantitative estimate of drug-likeness (QED) is 0.826. The van der Waals surface area contributed by atoms with Gasteiger partial charge in [0.2, 0.25) is 0 Å². The summed E-state index contributed by atoms with van der Waals surface area (Å²) in [4.78, 5) is 19.9. The van der Waals surface area contributed by atoms with E-state index in [0.29, 0.717) is 13.1 Å². The number of aliphatic hydroxyl groups is 1. The Morgan fingerprint density at radius 2 is 2.11 bits per heavy atom. The zero-order valence-corrected chi connectivity index (χ0v) is 10.6. The lowest BCUT2D eigenvalue weighted by molar-refractivity contribution is -0.141. The van der Waals surface area contributed by atoms with E-state index in [1.165, 1.54) is 6.92 Å². The Hall–Kier alpha value is -1.46. The van der Waals surface area contributed by atoms with E-state index in [1.807, 2.05) is 18.2 Å². The number of hydrogen-bond acceptors (Lipinski definition) is 4. The van der Waals surface area contributed by atoms with Crippen LogP contribution in [0, 0.1) is 0 Å². The molecule has 1 unspecified atom stereocenters. The molecule has 0 aromatic carbocycles. The van der Waals surface area contributed by atoms with Crippen molar-refractivity contribution >= 4 is 5.91 Å². The smallest absolute Gasteiger partial charge is 0.251 e. The first-order valence-electron chi connectivity index (χ1n) is 6.26. The molecule has 1 atom stereocenters. The predicted octanol–water partition coefficient (Wildman–Crippen LogP) is 0.107. The molecule has 2 heterocycles. The van der Waals surface area contributed by atoms with Gasteiger partial charge in [-0.3, -0.25) is 14.7 Å². The van der Waals surface area contributed by atoms with E-state index in [-0.39, 0.29) is 5.91 Å². The molecule has 18 heavy (non-hydrogen) atoms. The van der Waals surface area contributed by atoms with Crippen LogP contribution >= 0.6 is 0 Å². The van der Waals surface area contributed by atoms with Crippen LogP contribution in [0.15, 0.2) is 24.4 Å². The highest BCUT2D eigenvalue weighted by Gasteiger charge is 2.23. The van der Waals surface area contributed by atoms with Gasteiger partial charge in [-0.25, -0.2) is 0 Å². The fourth-order valence-corrected chi connectivity index (χ4v) is 2.11. The van der Waals surface area contributed by atoms with Crippen molar-refractivity contribution in [2.45, 2.75) is 19.6 Å². The molecule has 98 valence electrons. The molecule has 1 aromatic heterocycles. The first-order chi connectivity index (χ1) is 8.66. The zero-order valence-electron chi connectivity index (χ0n) is 10.6. The van der Waals surface area contributed by atoms with Crippen molar-refractivity contribution in [1.29, 1.82) is 0 Å². The van der Waals surface area contributed by atoms with Gasteiger partial charge in [-0.15, -0.1) is 0 Å². The van der Waals surface area contributed by atoms with Crippen LogP contribution in [0.2, 0.25) is 0 Å². The van der Waals surface area contributed by atoms with Crippen molar-refractivity contribution in [2.24, 2.45) is 0 Å². The number of carbonyl (C=O) groups excluding carboxylic acids is 1. The first-order valence-corrected chi connectivity index (χ1v) is 6.26. The molecule has 1 saturated heterocycles. The Bertz CT molecular complexity index is 386. The molecule has 0 saturated carbocycles. The van der Waals surface area contributed by atoms with Crippen LogP contribution < -0.4 is 0 Å². The Labute approximate surface area is 107 Å². The Kier molecular flexibility index (Phi) is 4.28. The molecule has 1 fully saturated rings. The summed E-state index contributed by atoms with van der Waals surface area (Å²) in [6.45, 7) is 5.34. The molecule has 1 aliphatic heterocycles. The average molecular weight is 249 g/mol. The van der Waals surface area contributed by atoms with Gasteiger partial charge in [0.25, 0.3) is 5.91 Å². The van der Waals surface area contributed by atoms with Crippen molar-refractivity contribution in [3.63, 3.8) is 0 Å². The van der Waals surface area contributed by atoms with Crippen LogP contribution in [0.1, 0.15) is 12.6 Å². The maximum atomic E-state index is 11.6. The van der Waals surface area contributed by atoms with Gasteiger partial charge in [-0.05, 0) is 19.1 Å². The molecule has 0 aliphatic carbocycles. The molecule has 1 aliphatic rings. The van der Waals surface area contributed by atoms with E-state index in [0.717, 1.165) is 25.3 Å². The summed E-state index contributed by atoms with van der Waals surface area (Å²) in [7, 11) is 0. The summed E-state index contributed by atoms with van der Waals surface area (Å²) in [5, 5.41) is 9.26. The summed E-state index contributed by atoms with van der Waals surface area (Å²) in [5.74, 6) is -0.174. The normalized spacial score (nSPS) is 18.7. The summed E-state index contributed by atoms with van der Waals surface area (Å²) in [5.41, 5.74) is 1.05. The van der Waals surface area contributed by atoms with E-state index in [9.17, 15) is 9.90 Å². The summed E-state index contributed by atoms with van der Waals surface area (Å²) in [6.07, 6.45) is 0.898. The first kappa shape index (κ1) is 13.0. The van der Waals surface area contributed by atoms with Gasteiger partial charge in [-0.2, -0.15) is 0 Å². The maximum Gasteiger partial charge on any atom is 0.251 e. The van der Waals surface area contributed by atoms with Gasteiger partial charge >= 0.3 is 0 Å². The molecule has 5 heteroatoms. The molecule has 1 N–H and O–H groups in total. The lowest BCUT2D eigenvalue weighted by Gasteiger charge is -2.35. The fourth-order valence-electron chi connectivity index (χ4n) is 2.11. The molecule has 1 amide bonds. The summed E-state index contributed by atoms with van der Waals surface area (Å²) in [6, 6.07) is 5.89. The number of piperazine rings is 1. The van der Waals surface area contributed by atoms with Crippen LogP contribution in [0.4, 0.5) is 0 Å². The Morgan fingerprint density at radius 1 is 1.39 bits per heavy atom. The highest BCUT2D eigenvalue weighted by atomic mass is 16.3. The van der Waals surface area contributed by atoms with E-state index >= 15 is 0 Å². The number of carbonyl (C=O) groups is 1. The number of pyridine rings is 1. The van der Waals surface area contributed by atoms with Crippen LogP contribution in [0.5, 0.6) is 0 Å². The minimum atomic E-state index is -0.896. The third-order valence-corrected chi connectivity index (χ3v) is 3.15. The lowest BCUT2D eigenvalue weighted by atomic mass is 10.2. The molecule has 0 spiro atoms. The van der Waals surface area contributed by atoms with Crippen molar-refractivity contribution in [3.8, 4) is 0 Å². The monoisotopic (exact) mass is 249 g/mol. The molecular formula is C13H19N3O2. The number of aliphatic hydroxyl groups excluding tert-OH is 1. The Morgan fingerprint density at radius 3 is 2.67 bits per heavy atom. The van der Waals surface area contributed by atoms with Gasteiger partial charge < -0.3 is 10.0 Å². The van der Waals surface area contributed by atoms with Crippen molar-refractivity contribution in [2.75, 3.05) is 26.2 Å². The van der Waals surface area contributed by atoms with Crippen LogP contribution in [-0.2, 0) is 11.3 Å². The Balaban J connectivity index is 1.82. The number of rotatable bonds is 3. The van der Waals surface area contributed by atoms with E-state index in [1.54, 1.807) is 11.1 Å². The minimum Gasteiger partial charge on any atom is -0.384 e. The molecule has 0 bridgehead atoms. The lowest BCUT2D eigenvalue weighted by Crippen LogP contribution is -2.50. The summed E-state index contributed by atoms with van der Waals surface area (Å²) < 4.78 is 0. The van der Waals surface area contributed by atoms with E-state index in [2.05, 4.69) is 9.88 Å². The molecule has 2 rings (SSSR count). The van der Waals surface area contributed by atoms with Crippen molar-refractivity contribution in [1.82, 2.24) is 14.8 Å². The molecule has 5 nitrogen and oxygen atoms in total.